The molecule has 2 aliphatic rings. The van der Waals surface area contributed by atoms with Crippen molar-refractivity contribution < 1.29 is 4.42 Å². The van der Waals surface area contributed by atoms with Gasteiger partial charge in [0.25, 0.3) is 0 Å². The number of hydrogen-bond donors (Lipinski definition) is 0. The van der Waals surface area contributed by atoms with E-state index in [-0.39, 0.29) is 0 Å². The summed E-state index contributed by atoms with van der Waals surface area (Å²) in [6.07, 6.45) is 5.91. The summed E-state index contributed by atoms with van der Waals surface area (Å²) in [4.78, 5) is 2.28. The van der Waals surface area contributed by atoms with Crippen molar-refractivity contribution in [2.45, 2.75) is 64.2 Å². The van der Waals surface area contributed by atoms with Crippen LogP contribution in [0.3, 0.4) is 0 Å². The second-order valence-corrected chi connectivity index (χ2v) is 8.39. The van der Waals surface area contributed by atoms with Crippen LogP contribution in [0.2, 0.25) is 0 Å². The van der Waals surface area contributed by atoms with Crippen LogP contribution >= 0.6 is 12.2 Å². The minimum Gasteiger partial charge on any atom is -0.461 e. The Labute approximate surface area is 164 Å². The Balaban J connectivity index is 1.41. The lowest BCUT2D eigenvalue weighted by Crippen LogP contribution is -2.23. The van der Waals surface area contributed by atoms with Crippen molar-refractivity contribution in [3.05, 3.63) is 46.2 Å². The standard InChI is InChI=1S/C21H26N4OS/c1-3-18-17(16-6-4-5-7-19(16)26-18)12-23(2)13-24-21(27)25(15-10-11-15)20(22-24)14-8-9-14/h4-7,14-15H,3,8-13H2,1-2H3. The predicted octanol–water partition coefficient (Wildman–Crippen LogP) is 5.02. The Morgan fingerprint density at radius 2 is 2.00 bits per heavy atom. The predicted molar refractivity (Wildman–Crippen MR) is 108 cm³/mol. The van der Waals surface area contributed by atoms with E-state index in [9.17, 15) is 0 Å². The molecule has 2 aliphatic carbocycles. The Kier molecular flexibility index (Phi) is 4.20. The summed E-state index contributed by atoms with van der Waals surface area (Å²) in [5, 5.41) is 6.13. The van der Waals surface area contributed by atoms with Gasteiger partial charge < -0.3 is 8.98 Å². The highest BCUT2D eigenvalue weighted by Crippen LogP contribution is 2.44. The molecule has 0 aliphatic heterocycles. The number of hydrogen-bond acceptors (Lipinski definition) is 4. The number of benzene rings is 1. The highest BCUT2D eigenvalue weighted by molar-refractivity contribution is 7.71. The molecule has 0 N–H and O–H groups in total. The fourth-order valence-electron chi connectivity index (χ4n) is 3.98. The first-order chi connectivity index (χ1) is 13.2. The van der Waals surface area contributed by atoms with Gasteiger partial charge in [0, 0.05) is 35.9 Å². The molecule has 5 nitrogen and oxygen atoms in total. The van der Waals surface area contributed by atoms with E-state index in [2.05, 4.69) is 35.6 Å². The molecule has 0 saturated heterocycles. The Bertz CT molecular complexity index is 1040. The number of nitrogens with zero attached hydrogens (tertiary/aromatic N) is 4. The molecule has 2 saturated carbocycles. The zero-order valence-electron chi connectivity index (χ0n) is 16.0. The van der Waals surface area contributed by atoms with Crippen molar-refractivity contribution in [2.24, 2.45) is 0 Å². The van der Waals surface area contributed by atoms with Gasteiger partial charge in [0.1, 0.15) is 17.2 Å². The van der Waals surface area contributed by atoms with Crippen molar-refractivity contribution >= 4 is 23.2 Å². The molecule has 0 bridgehead atoms. The maximum absolute atomic E-state index is 6.05. The molecule has 0 spiro atoms. The number of para-hydroxylation sites is 1. The Morgan fingerprint density at radius 3 is 2.70 bits per heavy atom. The summed E-state index contributed by atoms with van der Waals surface area (Å²) in [7, 11) is 2.13. The highest BCUT2D eigenvalue weighted by atomic mass is 32.1. The van der Waals surface area contributed by atoms with Gasteiger partial charge >= 0.3 is 0 Å². The largest absolute Gasteiger partial charge is 0.461 e. The molecule has 1 aromatic carbocycles. The lowest BCUT2D eigenvalue weighted by atomic mass is 10.1. The summed E-state index contributed by atoms with van der Waals surface area (Å²) in [5.74, 6) is 2.93. The van der Waals surface area contributed by atoms with E-state index >= 15 is 0 Å². The van der Waals surface area contributed by atoms with Crippen molar-refractivity contribution in [1.82, 2.24) is 19.2 Å². The number of furan rings is 1. The SMILES string of the molecule is CCc1oc2ccccc2c1CN(C)Cn1nc(C2CC2)n(C2CC2)c1=S. The summed E-state index contributed by atoms with van der Waals surface area (Å²) >= 11 is 5.79. The van der Waals surface area contributed by atoms with Crippen LogP contribution in [0.5, 0.6) is 0 Å². The monoisotopic (exact) mass is 382 g/mol. The average molecular weight is 383 g/mol. The van der Waals surface area contributed by atoms with Crippen LogP contribution in [-0.4, -0.2) is 26.3 Å². The van der Waals surface area contributed by atoms with Gasteiger partial charge in [0.15, 0.2) is 4.77 Å². The maximum atomic E-state index is 6.05. The number of rotatable bonds is 7. The lowest BCUT2D eigenvalue weighted by Gasteiger charge is -2.16. The third-order valence-corrected chi connectivity index (χ3v) is 6.07. The van der Waals surface area contributed by atoms with Gasteiger partial charge in [0.2, 0.25) is 0 Å². The summed E-state index contributed by atoms with van der Waals surface area (Å²) < 4.78 is 11.3. The van der Waals surface area contributed by atoms with Gasteiger partial charge in [-0.3, -0.25) is 4.90 Å². The van der Waals surface area contributed by atoms with Crippen molar-refractivity contribution in [1.29, 1.82) is 0 Å². The fourth-order valence-corrected chi connectivity index (χ4v) is 4.32. The van der Waals surface area contributed by atoms with Crippen molar-refractivity contribution in [2.75, 3.05) is 7.05 Å². The molecular weight excluding hydrogens is 356 g/mol. The summed E-state index contributed by atoms with van der Waals surface area (Å²) in [5.41, 5.74) is 2.26. The first-order valence-corrected chi connectivity index (χ1v) is 10.4. The highest BCUT2D eigenvalue weighted by Gasteiger charge is 2.35. The summed E-state index contributed by atoms with van der Waals surface area (Å²) in [6, 6.07) is 8.90. The van der Waals surface area contributed by atoms with E-state index in [1.54, 1.807) is 0 Å². The smallest absolute Gasteiger partial charge is 0.199 e. The molecule has 2 heterocycles. The Morgan fingerprint density at radius 1 is 1.22 bits per heavy atom. The van der Waals surface area contributed by atoms with Gasteiger partial charge in [-0.2, -0.15) is 5.10 Å². The molecule has 142 valence electrons. The second-order valence-electron chi connectivity index (χ2n) is 8.02. The molecule has 27 heavy (non-hydrogen) atoms. The minimum atomic E-state index is 0.594. The molecule has 3 aromatic rings. The van der Waals surface area contributed by atoms with E-state index in [1.807, 2.05) is 16.8 Å². The van der Waals surface area contributed by atoms with E-state index in [0.717, 1.165) is 29.1 Å². The zero-order valence-corrected chi connectivity index (χ0v) is 16.8. The number of fused-ring (bicyclic) bond motifs is 1. The fraction of sp³-hybridized carbons (Fsp3) is 0.524. The van der Waals surface area contributed by atoms with Crippen LogP contribution in [0.25, 0.3) is 11.0 Å². The Hall–Kier alpha value is -1.92. The van der Waals surface area contributed by atoms with Gasteiger partial charge in [-0.1, -0.05) is 25.1 Å². The van der Waals surface area contributed by atoms with Gasteiger partial charge in [-0.25, -0.2) is 4.68 Å². The average Bonchev–Trinajstić information content (AvgIpc) is 3.59. The van der Waals surface area contributed by atoms with Crippen LogP contribution in [-0.2, 0) is 19.6 Å². The third-order valence-electron chi connectivity index (χ3n) is 5.66. The number of aromatic nitrogens is 3. The molecule has 2 fully saturated rings. The quantitative estimate of drug-likeness (QED) is 0.538. The molecular formula is C21H26N4OS. The topological polar surface area (TPSA) is 39.1 Å². The van der Waals surface area contributed by atoms with E-state index in [1.165, 1.54) is 42.5 Å². The lowest BCUT2D eigenvalue weighted by molar-refractivity contribution is 0.242. The van der Waals surface area contributed by atoms with E-state index < -0.39 is 0 Å². The molecule has 0 unspecified atom stereocenters. The summed E-state index contributed by atoms with van der Waals surface area (Å²) in [6.45, 7) is 3.69. The molecule has 0 atom stereocenters. The van der Waals surface area contributed by atoms with Gasteiger partial charge in [0.05, 0.1) is 6.67 Å². The van der Waals surface area contributed by atoms with Crippen LogP contribution in [0, 0.1) is 4.77 Å². The van der Waals surface area contributed by atoms with Crippen LogP contribution in [0.15, 0.2) is 28.7 Å². The normalized spacial score (nSPS) is 17.3. The van der Waals surface area contributed by atoms with E-state index in [0.29, 0.717) is 18.6 Å². The number of aryl methyl sites for hydroxylation is 1. The molecule has 0 radical (unpaired) electrons. The molecule has 5 rings (SSSR count). The molecule has 2 aromatic heterocycles. The van der Waals surface area contributed by atoms with Crippen LogP contribution in [0.1, 0.15) is 61.7 Å². The molecule has 0 amide bonds. The van der Waals surface area contributed by atoms with Crippen molar-refractivity contribution in [3.8, 4) is 0 Å². The minimum absolute atomic E-state index is 0.594. The first kappa shape index (κ1) is 17.2. The van der Waals surface area contributed by atoms with E-state index in [4.69, 9.17) is 21.7 Å². The van der Waals surface area contributed by atoms with Crippen LogP contribution < -0.4 is 0 Å². The molecule has 6 heteroatoms. The zero-order chi connectivity index (χ0) is 18.5. The van der Waals surface area contributed by atoms with Gasteiger partial charge in [-0.15, -0.1) is 0 Å². The van der Waals surface area contributed by atoms with Crippen LogP contribution in [0.4, 0.5) is 0 Å². The van der Waals surface area contributed by atoms with Gasteiger partial charge in [-0.05, 0) is 51.0 Å². The maximum Gasteiger partial charge on any atom is 0.199 e. The third kappa shape index (κ3) is 3.15. The first-order valence-electron chi connectivity index (χ1n) is 10.0. The second kappa shape index (κ2) is 6.60. The van der Waals surface area contributed by atoms with Crippen molar-refractivity contribution in [3.63, 3.8) is 0 Å².